The molecule has 0 bridgehead atoms. The molecule has 0 unspecified atom stereocenters. The second-order valence-corrected chi connectivity index (χ2v) is 13.7. The van der Waals surface area contributed by atoms with Gasteiger partial charge in [0.1, 0.15) is 5.82 Å². The zero-order chi connectivity index (χ0) is 35.6. The number of amides is 1. The number of carbonyl (C=O) groups excluding carboxylic acids is 1. The van der Waals surface area contributed by atoms with Crippen molar-refractivity contribution in [2.24, 2.45) is 0 Å². The Bertz CT molecular complexity index is 2160. The molecule has 3 aromatic heterocycles. The van der Waals surface area contributed by atoms with Gasteiger partial charge in [-0.05, 0) is 93.6 Å². The number of hydrogen-bond acceptors (Lipinski definition) is 7. The van der Waals surface area contributed by atoms with Gasteiger partial charge in [0.05, 0.1) is 28.5 Å². The number of aromatic carboxylic acids is 1. The second kappa shape index (κ2) is 14.4. The van der Waals surface area contributed by atoms with E-state index in [1.54, 1.807) is 18.2 Å². The number of fused-ring (bicyclic) bond motifs is 1. The van der Waals surface area contributed by atoms with Crippen LogP contribution in [0.25, 0.3) is 10.9 Å². The van der Waals surface area contributed by atoms with Gasteiger partial charge in [-0.2, -0.15) is 0 Å². The van der Waals surface area contributed by atoms with Gasteiger partial charge in [-0.3, -0.25) is 24.5 Å². The number of carbonyl (C=O) groups is 2. The van der Waals surface area contributed by atoms with Crippen molar-refractivity contribution >= 4 is 28.5 Å². The highest BCUT2D eigenvalue weighted by atomic mass is 19.1. The molecular formula is C40H41FN6O4. The summed E-state index contributed by atoms with van der Waals surface area (Å²) in [5.74, 6) is -2.45. The van der Waals surface area contributed by atoms with Crippen LogP contribution in [0.4, 0.5) is 10.1 Å². The second-order valence-electron chi connectivity index (χ2n) is 13.7. The fourth-order valence-electron chi connectivity index (χ4n) is 7.12. The van der Waals surface area contributed by atoms with Crippen LogP contribution < -0.4 is 15.6 Å². The van der Waals surface area contributed by atoms with Gasteiger partial charge in [-0.25, -0.2) is 9.18 Å². The number of pyridine rings is 3. The number of nitrogens with zero attached hydrogens (tertiary/aromatic N) is 5. The van der Waals surface area contributed by atoms with Gasteiger partial charge in [0, 0.05) is 85.1 Å². The van der Waals surface area contributed by atoms with Gasteiger partial charge < -0.3 is 19.9 Å². The molecule has 262 valence electrons. The highest BCUT2D eigenvalue weighted by molar-refractivity contribution is 6.04. The van der Waals surface area contributed by atoms with Crippen LogP contribution >= 0.6 is 0 Å². The first kappa shape index (κ1) is 34.0. The van der Waals surface area contributed by atoms with Crippen molar-refractivity contribution in [1.29, 1.82) is 0 Å². The van der Waals surface area contributed by atoms with E-state index in [1.165, 1.54) is 18.2 Å². The SMILES string of the molecule is Cc1ccc(N2CCC[C@H](N(Cc3ccnc(C)c3)Cc3cn(C4CC4)c4cc(CNC(=O)c5ccccc5C(=O)O)c(F)cc4c3=O)C2)cn1. The van der Waals surface area contributed by atoms with Crippen LogP contribution in [0.15, 0.2) is 84.0 Å². The number of benzene rings is 2. The Labute approximate surface area is 295 Å². The molecule has 2 N–H and O–H groups in total. The average Bonchev–Trinajstić information content (AvgIpc) is 3.98. The van der Waals surface area contributed by atoms with E-state index in [4.69, 9.17) is 0 Å². The maximum atomic E-state index is 15.7. The maximum Gasteiger partial charge on any atom is 0.336 e. The normalized spacial score (nSPS) is 16.1. The number of aromatic nitrogens is 3. The highest BCUT2D eigenvalue weighted by Gasteiger charge is 2.30. The van der Waals surface area contributed by atoms with Gasteiger partial charge in [0.25, 0.3) is 5.91 Å². The van der Waals surface area contributed by atoms with Crippen LogP contribution in [0.3, 0.4) is 0 Å². The molecule has 1 saturated heterocycles. The minimum atomic E-state index is -1.22. The van der Waals surface area contributed by atoms with E-state index in [0.29, 0.717) is 29.6 Å². The quantitative estimate of drug-likeness (QED) is 0.169. The van der Waals surface area contributed by atoms with Crippen molar-refractivity contribution in [2.75, 3.05) is 18.0 Å². The number of anilines is 1. The van der Waals surface area contributed by atoms with E-state index in [1.807, 2.05) is 44.6 Å². The summed E-state index contributed by atoms with van der Waals surface area (Å²) in [6.45, 7) is 6.54. The number of nitrogens with one attached hydrogen (secondary N) is 1. The topological polar surface area (TPSA) is 121 Å². The lowest BCUT2D eigenvalue weighted by molar-refractivity contribution is 0.0691. The molecule has 5 aromatic rings. The summed E-state index contributed by atoms with van der Waals surface area (Å²) in [4.78, 5) is 52.4. The zero-order valence-corrected chi connectivity index (χ0v) is 28.8. The third-order valence-corrected chi connectivity index (χ3v) is 9.95. The lowest BCUT2D eigenvalue weighted by Gasteiger charge is -2.40. The molecular weight excluding hydrogens is 647 g/mol. The van der Waals surface area contributed by atoms with Gasteiger partial charge in [-0.15, -0.1) is 0 Å². The first-order valence-corrected chi connectivity index (χ1v) is 17.4. The van der Waals surface area contributed by atoms with Gasteiger partial charge in [-0.1, -0.05) is 12.1 Å². The number of rotatable bonds is 11. The van der Waals surface area contributed by atoms with Crippen molar-refractivity contribution in [2.45, 2.75) is 71.2 Å². The van der Waals surface area contributed by atoms with E-state index in [0.717, 1.165) is 61.4 Å². The Balaban J connectivity index is 1.20. The van der Waals surface area contributed by atoms with E-state index in [-0.39, 0.29) is 40.7 Å². The molecule has 1 amide bonds. The summed E-state index contributed by atoms with van der Waals surface area (Å²) in [6, 6.07) is 17.4. The third kappa shape index (κ3) is 7.53. The predicted octanol–water partition coefficient (Wildman–Crippen LogP) is 6.18. The fraction of sp³-hybridized carbons (Fsp3) is 0.325. The monoisotopic (exact) mass is 688 g/mol. The summed E-state index contributed by atoms with van der Waals surface area (Å²) in [5.41, 5.74) is 5.20. The Morgan fingerprint density at radius 1 is 0.961 bits per heavy atom. The highest BCUT2D eigenvalue weighted by Crippen LogP contribution is 2.37. The molecule has 2 fully saturated rings. The first-order chi connectivity index (χ1) is 24.6. The maximum absolute atomic E-state index is 15.7. The van der Waals surface area contributed by atoms with Crippen LogP contribution in [-0.4, -0.2) is 55.5 Å². The largest absolute Gasteiger partial charge is 0.478 e. The molecule has 7 rings (SSSR count). The molecule has 2 aliphatic rings. The van der Waals surface area contributed by atoms with Crippen molar-refractivity contribution < 1.29 is 19.1 Å². The molecule has 0 spiro atoms. The Hall–Kier alpha value is -5.42. The van der Waals surface area contributed by atoms with Crippen LogP contribution in [0.5, 0.6) is 0 Å². The van der Waals surface area contributed by atoms with Crippen LogP contribution in [0.2, 0.25) is 0 Å². The van der Waals surface area contributed by atoms with E-state index in [2.05, 4.69) is 41.8 Å². The summed E-state index contributed by atoms with van der Waals surface area (Å²) >= 11 is 0. The molecule has 11 heteroatoms. The fourth-order valence-corrected chi connectivity index (χ4v) is 7.12. The lowest BCUT2D eigenvalue weighted by atomic mass is 10.0. The van der Waals surface area contributed by atoms with Crippen molar-refractivity contribution in [3.8, 4) is 0 Å². The molecule has 4 heterocycles. The molecule has 1 aliphatic heterocycles. The van der Waals surface area contributed by atoms with Gasteiger partial charge in [0.15, 0.2) is 5.43 Å². The molecule has 1 saturated carbocycles. The van der Waals surface area contributed by atoms with E-state index in [9.17, 15) is 19.5 Å². The number of hydrogen-bond donors (Lipinski definition) is 2. The van der Waals surface area contributed by atoms with Gasteiger partial charge in [0.2, 0.25) is 0 Å². The minimum Gasteiger partial charge on any atom is -0.478 e. The van der Waals surface area contributed by atoms with Crippen molar-refractivity contribution in [3.63, 3.8) is 0 Å². The predicted molar refractivity (Wildman–Crippen MR) is 193 cm³/mol. The molecule has 1 aliphatic carbocycles. The van der Waals surface area contributed by atoms with Crippen molar-refractivity contribution in [1.82, 2.24) is 24.8 Å². The van der Waals surface area contributed by atoms with Crippen LogP contribution in [0.1, 0.15) is 80.5 Å². The van der Waals surface area contributed by atoms with Crippen molar-refractivity contribution in [3.05, 3.63) is 134 Å². The van der Waals surface area contributed by atoms with E-state index < -0.39 is 17.7 Å². The minimum absolute atomic E-state index is 0.00572. The molecule has 0 radical (unpaired) electrons. The first-order valence-electron chi connectivity index (χ1n) is 17.4. The Morgan fingerprint density at radius 3 is 2.49 bits per heavy atom. The average molecular weight is 689 g/mol. The van der Waals surface area contributed by atoms with Crippen LogP contribution in [-0.2, 0) is 19.6 Å². The summed E-state index contributed by atoms with van der Waals surface area (Å²) in [6.07, 6.45) is 9.57. The molecule has 10 nitrogen and oxygen atoms in total. The summed E-state index contributed by atoms with van der Waals surface area (Å²) in [5, 5.41) is 12.5. The molecule has 51 heavy (non-hydrogen) atoms. The Morgan fingerprint density at radius 2 is 1.76 bits per heavy atom. The number of carboxylic acid groups (broad SMARTS) is 1. The smallest absolute Gasteiger partial charge is 0.336 e. The number of aryl methyl sites for hydroxylation is 2. The number of carboxylic acids is 1. The lowest BCUT2D eigenvalue weighted by Crippen LogP contribution is -2.48. The molecule has 2 aromatic carbocycles. The number of halogens is 1. The number of piperidine rings is 1. The summed E-state index contributed by atoms with van der Waals surface area (Å²) in [7, 11) is 0. The third-order valence-electron chi connectivity index (χ3n) is 9.95. The Kier molecular flexibility index (Phi) is 9.64. The van der Waals surface area contributed by atoms with Crippen LogP contribution in [0, 0.1) is 19.7 Å². The molecule has 1 atom stereocenters. The summed E-state index contributed by atoms with van der Waals surface area (Å²) < 4.78 is 17.8. The standard InChI is InChI=1S/C40H41FN6O4/c1-25-9-10-31(20-43-25)45-15-5-6-32(24-45)46(21-27-13-14-42-26(2)16-27)22-29-23-47(30-11-12-30)37-17-28(36(41)18-35(37)38(29)48)19-44-39(49)33-7-3-4-8-34(33)40(50)51/h3-4,7-10,13-14,16-18,20,23,30,32H,5-6,11-12,15,19,21-22,24H2,1-2H3,(H,44,49)(H,50,51)/t32-/m0/s1. The zero-order valence-electron chi connectivity index (χ0n) is 28.8. The van der Waals surface area contributed by atoms with Gasteiger partial charge >= 0.3 is 5.97 Å². The van der Waals surface area contributed by atoms with E-state index >= 15 is 4.39 Å².